The van der Waals surface area contributed by atoms with Crippen LogP contribution >= 0.6 is 0 Å². The van der Waals surface area contributed by atoms with Crippen molar-refractivity contribution < 1.29 is 22.3 Å². The Hall–Kier alpha value is -3.00. The van der Waals surface area contributed by atoms with E-state index in [1.54, 1.807) is 13.2 Å². The van der Waals surface area contributed by atoms with Gasteiger partial charge in [0.2, 0.25) is 0 Å². The van der Waals surface area contributed by atoms with E-state index in [0.29, 0.717) is 22.8 Å². The van der Waals surface area contributed by atoms with Gasteiger partial charge < -0.3 is 19.4 Å². The molecule has 1 aliphatic heterocycles. The maximum absolute atomic E-state index is 12.8. The van der Waals surface area contributed by atoms with Crippen molar-refractivity contribution in [3.8, 4) is 17.1 Å². The van der Waals surface area contributed by atoms with Crippen molar-refractivity contribution >= 4 is 16.7 Å². The van der Waals surface area contributed by atoms with E-state index >= 15 is 0 Å². The number of methoxy groups -OCH3 is 1. The second-order valence-electron chi connectivity index (χ2n) is 8.99. The number of fused-ring (bicyclic) bond motifs is 1. The largest absolute Gasteiger partial charge is 0.496 e. The fourth-order valence-corrected chi connectivity index (χ4v) is 3.91. The second kappa shape index (κ2) is 11.2. The summed E-state index contributed by atoms with van der Waals surface area (Å²) in [6.45, 7) is 9.67. The molecule has 0 radical (unpaired) electrons. The van der Waals surface area contributed by atoms with E-state index in [1.807, 2.05) is 43.3 Å². The summed E-state index contributed by atoms with van der Waals surface area (Å²) in [4.78, 5) is 15.1. The van der Waals surface area contributed by atoms with Crippen molar-refractivity contribution in [2.75, 3.05) is 31.6 Å². The van der Waals surface area contributed by atoms with Gasteiger partial charge in [0.15, 0.2) is 5.43 Å². The monoisotopic (exact) mass is 490 g/mol. The number of halogens is 3. The fraction of sp³-hybridized carbons (Fsp3) is 0.444. The van der Waals surface area contributed by atoms with Gasteiger partial charge in [-0.05, 0) is 62.2 Å². The zero-order valence-corrected chi connectivity index (χ0v) is 20.8. The summed E-state index contributed by atoms with van der Waals surface area (Å²) in [5.41, 5.74) is 3.52. The lowest BCUT2D eigenvalue weighted by Gasteiger charge is -2.33. The number of hydrogen-bond acceptors (Lipinski definition) is 5. The van der Waals surface area contributed by atoms with Crippen LogP contribution in [0.25, 0.3) is 22.3 Å². The number of rotatable bonds is 4. The number of hydrogen-bond donors (Lipinski definition) is 1. The van der Waals surface area contributed by atoms with E-state index in [-0.39, 0.29) is 11.8 Å². The van der Waals surface area contributed by atoms with Crippen LogP contribution in [-0.4, -0.2) is 39.0 Å². The lowest BCUT2D eigenvalue weighted by atomic mass is 10.1. The Morgan fingerprint density at radius 2 is 1.94 bits per heavy atom. The molecule has 1 aliphatic rings. The third-order valence-electron chi connectivity index (χ3n) is 6.30. The van der Waals surface area contributed by atoms with E-state index in [9.17, 15) is 18.0 Å². The van der Waals surface area contributed by atoms with E-state index in [2.05, 4.69) is 17.1 Å². The lowest BCUT2D eigenvalue weighted by Crippen LogP contribution is -2.49. The Bertz CT molecular complexity index is 1210. The van der Waals surface area contributed by atoms with Crippen molar-refractivity contribution in [2.24, 2.45) is 5.92 Å². The zero-order chi connectivity index (χ0) is 25.8. The molecule has 8 heteroatoms. The highest BCUT2D eigenvalue weighted by Gasteiger charge is 2.34. The van der Waals surface area contributed by atoms with Crippen LogP contribution in [0.15, 0.2) is 51.7 Å². The average molecular weight is 491 g/mol. The summed E-state index contributed by atoms with van der Waals surface area (Å²) in [6, 6.07) is 13.7. The third kappa shape index (κ3) is 6.57. The van der Waals surface area contributed by atoms with Crippen LogP contribution in [0.5, 0.6) is 5.75 Å². The van der Waals surface area contributed by atoms with Gasteiger partial charge in [-0.2, -0.15) is 13.2 Å². The Labute approximate surface area is 203 Å². The molecule has 5 nitrogen and oxygen atoms in total. The average Bonchev–Trinajstić information content (AvgIpc) is 2.83. The highest BCUT2D eigenvalue weighted by atomic mass is 19.4. The molecular formula is C27H33F3N2O3. The minimum Gasteiger partial charge on any atom is -0.496 e. The molecule has 1 unspecified atom stereocenters. The highest BCUT2D eigenvalue weighted by Crippen LogP contribution is 2.29. The molecule has 0 spiro atoms. The molecule has 1 N–H and O–H groups in total. The molecule has 1 fully saturated rings. The molecule has 3 aromatic rings. The van der Waals surface area contributed by atoms with E-state index in [0.717, 1.165) is 42.2 Å². The summed E-state index contributed by atoms with van der Waals surface area (Å²) < 4.78 is 45.7. The Morgan fingerprint density at radius 1 is 1.20 bits per heavy atom. The van der Waals surface area contributed by atoms with E-state index in [4.69, 9.17) is 9.15 Å². The molecule has 190 valence electrons. The number of alkyl halides is 3. The van der Waals surface area contributed by atoms with Crippen LogP contribution in [0.4, 0.5) is 18.9 Å². The van der Waals surface area contributed by atoms with Crippen molar-refractivity contribution in [1.29, 1.82) is 0 Å². The first kappa shape index (κ1) is 26.6. The van der Waals surface area contributed by atoms with Crippen molar-refractivity contribution in [3.63, 3.8) is 0 Å². The van der Waals surface area contributed by atoms with E-state index in [1.165, 1.54) is 13.8 Å². The van der Waals surface area contributed by atoms with Gasteiger partial charge in [-0.3, -0.25) is 4.79 Å². The molecule has 0 saturated carbocycles. The minimum atomic E-state index is -3.99. The number of nitrogens with one attached hydrogen (secondary N) is 1. The van der Waals surface area contributed by atoms with Crippen LogP contribution in [0, 0.1) is 12.8 Å². The summed E-state index contributed by atoms with van der Waals surface area (Å²) >= 11 is 0. The van der Waals surface area contributed by atoms with Crippen molar-refractivity contribution in [1.82, 2.24) is 5.32 Å². The molecule has 2 heterocycles. The molecule has 0 aliphatic carbocycles. The predicted molar refractivity (Wildman–Crippen MR) is 134 cm³/mol. The van der Waals surface area contributed by atoms with Gasteiger partial charge in [-0.1, -0.05) is 13.8 Å². The predicted octanol–water partition coefficient (Wildman–Crippen LogP) is 6.17. The maximum atomic E-state index is 12.8. The van der Waals surface area contributed by atoms with Crippen LogP contribution in [-0.2, 0) is 0 Å². The molecule has 35 heavy (non-hydrogen) atoms. The van der Waals surface area contributed by atoms with Crippen LogP contribution in [0.1, 0.15) is 32.8 Å². The van der Waals surface area contributed by atoms with Crippen LogP contribution < -0.4 is 20.4 Å². The van der Waals surface area contributed by atoms with Gasteiger partial charge >= 0.3 is 6.18 Å². The zero-order valence-electron chi connectivity index (χ0n) is 20.8. The first-order valence-electron chi connectivity index (χ1n) is 11.8. The number of benzene rings is 2. The Morgan fingerprint density at radius 3 is 2.51 bits per heavy atom. The molecule has 0 amide bonds. The van der Waals surface area contributed by atoms with Crippen LogP contribution in [0.2, 0.25) is 0 Å². The SMILES string of the molecule is CCC(C)C(F)(F)F.COc1ccc(-c2cc(=O)c3cc(N4CCN[C@@H](C)C4)ccc3o2)cc1C. The number of piperazine rings is 1. The van der Waals surface area contributed by atoms with Gasteiger partial charge in [0.25, 0.3) is 0 Å². The number of aryl methyl sites for hydroxylation is 1. The Kier molecular flexibility index (Phi) is 8.48. The van der Waals surface area contributed by atoms with Gasteiger partial charge in [-0.15, -0.1) is 0 Å². The molecule has 2 atom stereocenters. The fourth-order valence-electron chi connectivity index (χ4n) is 3.91. The molecule has 2 aromatic carbocycles. The smallest absolute Gasteiger partial charge is 0.391 e. The number of ether oxygens (including phenoxy) is 1. The third-order valence-corrected chi connectivity index (χ3v) is 6.30. The topological polar surface area (TPSA) is 54.7 Å². The van der Waals surface area contributed by atoms with Gasteiger partial charge in [0.1, 0.15) is 17.1 Å². The first-order valence-corrected chi connectivity index (χ1v) is 11.8. The number of anilines is 1. The summed E-state index contributed by atoms with van der Waals surface area (Å²) in [5.74, 6) is 0.237. The quantitative estimate of drug-likeness (QED) is 0.474. The maximum Gasteiger partial charge on any atom is 0.391 e. The first-order chi connectivity index (χ1) is 16.5. The summed E-state index contributed by atoms with van der Waals surface area (Å²) in [7, 11) is 1.65. The minimum absolute atomic E-state index is 0.0234. The number of nitrogens with zero attached hydrogens (tertiary/aromatic N) is 1. The summed E-state index contributed by atoms with van der Waals surface area (Å²) in [6.07, 6.45) is -3.82. The molecule has 1 saturated heterocycles. The molecule has 4 rings (SSSR count). The second-order valence-corrected chi connectivity index (χ2v) is 8.99. The van der Waals surface area contributed by atoms with Gasteiger partial charge in [-0.25, -0.2) is 0 Å². The van der Waals surface area contributed by atoms with Gasteiger partial charge in [0, 0.05) is 43.0 Å². The molecular weight excluding hydrogens is 457 g/mol. The van der Waals surface area contributed by atoms with Gasteiger partial charge in [0.05, 0.1) is 18.4 Å². The summed E-state index contributed by atoms with van der Waals surface area (Å²) in [5, 5.41) is 4.06. The Balaban J connectivity index is 0.000000371. The van der Waals surface area contributed by atoms with Crippen LogP contribution in [0.3, 0.4) is 0 Å². The highest BCUT2D eigenvalue weighted by molar-refractivity contribution is 5.82. The normalized spacial score (nSPS) is 17.0. The van der Waals surface area contributed by atoms with Crippen molar-refractivity contribution in [2.45, 2.75) is 46.3 Å². The molecule has 0 bridgehead atoms. The lowest BCUT2D eigenvalue weighted by molar-refractivity contribution is -0.170. The standard InChI is InChI=1S/C22H24N2O3.C5H9F3/c1-14-10-16(4-6-20(14)26-3)22-12-19(25)18-11-17(5-7-21(18)27-22)24-9-8-23-15(2)13-24;1-3-4(2)5(6,7)8/h4-7,10-12,15,23H,8-9,13H2,1-3H3;4H,3H2,1-2H3/t15-;/m0./s1. The van der Waals surface area contributed by atoms with E-state index < -0.39 is 12.1 Å². The molecule has 1 aromatic heterocycles. The van der Waals surface area contributed by atoms with Crippen molar-refractivity contribution in [3.05, 3.63) is 58.3 Å².